The molecule has 0 bridgehead atoms. The molecule has 1 aromatic carbocycles. The monoisotopic (exact) mass is 343 g/mol. The number of likely N-dealkylation sites (N-methyl/N-ethyl adjacent to an activating group) is 1. The number of anilines is 1. The highest BCUT2D eigenvalue weighted by Crippen LogP contribution is 2.25. The van der Waals surface area contributed by atoms with E-state index in [1.54, 1.807) is 28.0 Å². The number of hydrogen-bond acceptors (Lipinski definition) is 3. The van der Waals surface area contributed by atoms with Gasteiger partial charge in [0.15, 0.2) is 0 Å². The number of pyridine rings is 1. The summed E-state index contributed by atoms with van der Waals surface area (Å²) in [6.07, 6.45) is 0.605. The fourth-order valence-corrected chi connectivity index (χ4v) is 3.16. The molecule has 0 N–H and O–H groups in total. The van der Waals surface area contributed by atoms with E-state index in [1.165, 1.54) is 0 Å². The molecule has 2 amide bonds. The van der Waals surface area contributed by atoms with Crippen LogP contribution in [-0.4, -0.2) is 40.8 Å². The first-order chi connectivity index (χ1) is 11.6. The molecular formula is C18H18ClN3O2. The number of hydrogen-bond donors (Lipinski definition) is 0. The maximum absolute atomic E-state index is 12.8. The summed E-state index contributed by atoms with van der Waals surface area (Å²) in [6, 6.07) is 14.0. The fourth-order valence-electron chi connectivity index (χ4n) is 3.00. The van der Waals surface area contributed by atoms with Crippen molar-refractivity contribution in [2.24, 2.45) is 0 Å². The quantitative estimate of drug-likeness (QED) is 0.802. The van der Waals surface area contributed by atoms with Crippen molar-refractivity contribution in [2.75, 3.05) is 18.0 Å². The topological polar surface area (TPSA) is 53.5 Å². The molecular weight excluding hydrogens is 326 g/mol. The van der Waals surface area contributed by atoms with Gasteiger partial charge in [0.05, 0.1) is 0 Å². The van der Waals surface area contributed by atoms with Crippen molar-refractivity contribution in [3.63, 3.8) is 0 Å². The van der Waals surface area contributed by atoms with Crippen molar-refractivity contribution >= 4 is 29.1 Å². The van der Waals surface area contributed by atoms with Crippen molar-refractivity contribution in [3.8, 4) is 0 Å². The Kier molecular flexibility index (Phi) is 4.81. The van der Waals surface area contributed by atoms with E-state index in [0.29, 0.717) is 19.5 Å². The van der Waals surface area contributed by atoms with Crippen LogP contribution in [0.4, 0.5) is 5.69 Å². The van der Waals surface area contributed by atoms with Gasteiger partial charge >= 0.3 is 0 Å². The zero-order chi connectivity index (χ0) is 17.1. The minimum absolute atomic E-state index is 0.0570. The van der Waals surface area contributed by atoms with Crippen molar-refractivity contribution < 1.29 is 9.59 Å². The van der Waals surface area contributed by atoms with E-state index in [0.717, 1.165) is 5.69 Å². The zero-order valence-corrected chi connectivity index (χ0v) is 14.1. The Balaban J connectivity index is 1.82. The number of carbonyl (C=O) groups excluding carboxylic acids is 2. The number of nitrogens with zero attached hydrogens (tertiary/aromatic N) is 3. The zero-order valence-electron chi connectivity index (χ0n) is 13.4. The Labute approximate surface area is 145 Å². The predicted octanol–water partition coefficient (Wildman–Crippen LogP) is 3.00. The van der Waals surface area contributed by atoms with E-state index in [1.807, 2.05) is 37.3 Å². The Morgan fingerprint density at radius 3 is 2.67 bits per heavy atom. The molecule has 1 atom stereocenters. The third-order valence-corrected chi connectivity index (χ3v) is 4.37. The van der Waals surface area contributed by atoms with Gasteiger partial charge in [-0.25, -0.2) is 4.98 Å². The van der Waals surface area contributed by atoms with Crippen molar-refractivity contribution in [3.05, 3.63) is 59.4 Å². The summed E-state index contributed by atoms with van der Waals surface area (Å²) in [7, 11) is 0. The highest BCUT2D eigenvalue weighted by atomic mass is 35.5. The summed E-state index contributed by atoms with van der Waals surface area (Å²) in [5.41, 5.74) is 1.12. The molecule has 0 unspecified atom stereocenters. The molecule has 24 heavy (non-hydrogen) atoms. The predicted molar refractivity (Wildman–Crippen MR) is 93.2 cm³/mol. The van der Waals surface area contributed by atoms with Crippen LogP contribution in [0.15, 0.2) is 48.5 Å². The first-order valence-corrected chi connectivity index (χ1v) is 8.29. The van der Waals surface area contributed by atoms with Gasteiger partial charge in [-0.2, -0.15) is 0 Å². The molecule has 0 saturated carbocycles. The molecule has 2 heterocycles. The number of rotatable bonds is 4. The van der Waals surface area contributed by atoms with Gasteiger partial charge in [-0.3, -0.25) is 9.59 Å². The highest BCUT2D eigenvalue weighted by molar-refractivity contribution is 6.29. The molecule has 1 aliphatic heterocycles. The number of halogens is 1. The molecule has 1 fully saturated rings. The van der Waals surface area contributed by atoms with Crippen molar-refractivity contribution in [1.29, 1.82) is 0 Å². The van der Waals surface area contributed by atoms with E-state index >= 15 is 0 Å². The molecule has 3 rings (SSSR count). The van der Waals surface area contributed by atoms with Crippen LogP contribution in [0.1, 0.15) is 23.8 Å². The number of aromatic nitrogens is 1. The third kappa shape index (κ3) is 3.12. The van der Waals surface area contributed by atoms with Crippen LogP contribution in [0.2, 0.25) is 5.15 Å². The Bertz CT molecular complexity index is 751. The molecule has 1 aromatic heterocycles. The summed E-state index contributed by atoms with van der Waals surface area (Å²) in [5.74, 6) is -0.327. The van der Waals surface area contributed by atoms with Gasteiger partial charge in [0, 0.05) is 18.8 Å². The molecule has 0 spiro atoms. The number of amides is 2. The van der Waals surface area contributed by atoms with Gasteiger partial charge in [0.25, 0.3) is 5.91 Å². The van der Waals surface area contributed by atoms with Gasteiger partial charge in [0.1, 0.15) is 16.9 Å². The second-order valence-corrected chi connectivity index (χ2v) is 5.95. The van der Waals surface area contributed by atoms with Crippen LogP contribution in [0.5, 0.6) is 0 Å². The lowest BCUT2D eigenvalue weighted by atomic mass is 10.2. The Morgan fingerprint density at radius 2 is 2.00 bits per heavy atom. The fraction of sp³-hybridized carbons (Fsp3) is 0.278. The second kappa shape index (κ2) is 7.01. The maximum Gasteiger partial charge on any atom is 0.273 e. The third-order valence-electron chi connectivity index (χ3n) is 4.16. The standard InChI is InChI=1S/C18H18ClN3O2/c1-2-21(17(23)14-9-6-10-16(19)20-14)15-11-12-22(18(15)24)13-7-4-3-5-8-13/h3-10,15H,2,11-12H2,1H3/t15-/m1/s1. The molecule has 2 aromatic rings. The molecule has 0 aliphatic carbocycles. The lowest BCUT2D eigenvalue weighted by Crippen LogP contribution is -2.45. The van der Waals surface area contributed by atoms with Gasteiger partial charge in [0.2, 0.25) is 5.91 Å². The van der Waals surface area contributed by atoms with Gasteiger partial charge < -0.3 is 9.80 Å². The van der Waals surface area contributed by atoms with Crippen molar-refractivity contribution in [1.82, 2.24) is 9.88 Å². The SMILES string of the molecule is CCN(C(=O)c1cccc(Cl)n1)[C@@H]1CCN(c2ccccc2)C1=O. The molecule has 0 radical (unpaired) electrons. The number of para-hydroxylation sites is 1. The Hall–Kier alpha value is -2.40. The van der Waals surface area contributed by atoms with E-state index < -0.39 is 6.04 Å². The average Bonchev–Trinajstić information content (AvgIpc) is 2.98. The number of carbonyl (C=O) groups is 2. The van der Waals surface area contributed by atoms with Crippen LogP contribution < -0.4 is 4.90 Å². The normalized spacial score (nSPS) is 17.2. The van der Waals surface area contributed by atoms with E-state index in [-0.39, 0.29) is 22.7 Å². The summed E-state index contributed by atoms with van der Waals surface area (Å²) in [4.78, 5) is 32.9. The highest BCUT2D eigenvalue weighted by Gasteiger charge is 2.38. The summed E-state index contributed by atoms with van der Waals surface area (Å²) >= 11 is 5.87. The molecule has 124 valence electrons. The minimum atomic E-state index is -0.469. The Morgan fingerprint density at radius 1 is 1.25 bits per heavy atom. The van der Waals surface area contributed by atoms with Gasteiger partial charge in [-0.1, -0.05) is 35.9 Å². The summed E-state index contributed by atoms with van der Waals surface area (Å²) in [5, 5.41) is 0.264. The van der Waals surface area contributed by atoms with E-state index in [4.69, 9.17) is 11.6 Å². The molecule has 6 heteroatoms. The van der Waals surface area contributed by atoms with E-state index in [2.05, 4.69) is 4.98 Å². The lowest BCUT2D eigenvalue weighted by molar-refractivity contribution is -0.120. The first-order valence-electron chi connectivity index (χ1n) is 7.91. The first kappa shape index (κ1) is 16.5. The lowest BCUT2D eigenvalue weighted by Gasteiger charge is -2.26. The maximum atomic E-state index is 12.8. The van der Waals surface area contributed by atoms with E-state index in [9.17, 15) is 9.59 Å². The summed E-state index contributed by atoms with van der Waals surface area (Å²) < 4.78 is 0. The molecule has 1 saturated heterocycles. The van der Waals surface area contributed by atoms with Crippen LogP contribution >= 0.6 is 11.6 Å². The molecule has 5 nitrogen and oxygen atoms in total. The molecule has 1 aliphatic rings. The van der Waals surface area contributed by atoms with Crippen LogP contribution in [0.3, 0.4) is 0 Å². The van der Waals surface area contributed by atoms with Crippen LogP contribution in [0.25, 0.3) is 0 Å². The smallest absolute Gasteiger partial charge is 0.273 e. The van der Waals surface area contributed by atoms with Crippen LogP contribution in [-0.2, 0) is 4.79 Å². The summed E-state index contributed by atoms with van der Waals surface area (Å²) in [6.45, 7) is 2.90. The van der Waals surface area contributed by atoms with Gasteiger partial charge in [-0.15, -0.1) is 0 Å². The van der Waals surface area contributed by atoms with Crippen molar-refractivity contribution in [2.45, 2.75) is 19.4 Å². The average molecular weight is 344 g/mol. The largest absolute Gasteiger partial charge is 0.325 e. The van der Waals surface area contributed by atoms with Crippen LogP contribution in [0, 0.1) is 0 Å². The number of benzene rings is 1. The van der Waals surface area contributed by atoms with Gasteiger partial charge in [-0.05, 0) is 37.6 Å². The second-order valence-electron chi connectivity index (χ2n) is 5.57. The minimum Gasteiger partial charge on any atom is -0.325 e.